The van der Waals surface area contributed by atoms with Crippen LogP contribution >= 0.6 is 0 Å². The van der Waals surface area contributed by atoms with Crippen LogP contribution in [0, 0.1) is 0 Å². The average Bonchev–Trinajstić information content (AvgIpc) is 3.13. The van der Waals surface area contributed by atoms with Crippen molar-refractivity contribution in [1.82, 2.24) is 4.57 Å². The average molecular weight is 225 g/mol. The predicted octanol–water partition coefficient (Wildman–Crippen LogP) is 3.98. The fraction of sp³-hybridized carbons (Fsp3) is 0.375. The number of hydrogen-bond donors (Lipinski definition) is 0. The Balaban J connectivity index is 1.88. The number of benzene rings is 1. The minimum atomic E-state index is 0.832. The first-order valence-electron chi connectivity index (χ1n) is 6.59. The maximum atomic E-state index is 2.45. The number of rotatable bonds is 4. The van der Waals surface area contributed by atoms with Gasteiger partial charge in [-0.25, -0.2) is 0 Å². The van der Waals surface area contributed by atoms with Gasteiger partial charge in [-0.15, -0.1) is 0 Å². The molecule has 1 aromatic carbocycles. The molecule has 1 saturated carbocycles. The summed E-state index contributed by atoms with van der Waals surface area (Å²) in [6.45, 7) is 3.26. The highest BCUT2D eigenvalue weighted by atomic mass is 15.0. The topological polar surface area (TPSA) is 4.93 Å². The molecular weight excluding hydrogens is 206 g/mol. The van der Waals surface area contributed by atoms with Crippen LogP contribution < -0.4 is 0 Å². The van der Waals surface area contributed by atoms with E-state index >= 15 is 0 Å². The molecule has 1 fully saturated rings. The molecule has 2 aromatic rings. The Morgan fingerprint density at radius 2 is 1.88 bits per heavy atom. The molecule has 1 aromatic heterocycles. The number of aryl methyl sites for hydroxylation is 1. The monoisotopic (exact) mass is 225 g/mol. The Bertz CT molecular complexity index is 491. The number of nitrogens with zero attached hydrogens (tertiary/aromatic N) is 1. The standard InChI is InChI=1S/C16H19N/c1-2-13-10-16(15-8-9-15)17(11-13)12-14-6-4-3-5-7-14/h3-7,10-11,15H,2,8-9,12H2,1H3. The quantitative estimate of drug-likeness (QED) is 0.742. The van der Waals surface area contributed by atoms with Crippen LogP contribution in [0.3, 0.4) is 0 Å². The minimum Gasteiger partial charge on any atom is -0.347 e. The molecule has 1 nitrogen and oxygen atoms in total. The third kappa shape index (κ3) is 2.28. The number of aromatic nitrogens is 1. The molecule has 0 radical (unpaired) electrons. The Hall–Kier alpha value is -1.50. The van der Waals surface area contributed by atoms with E-state index in [1.54, 1.807) is 5.69 Å². The highest BCUT2D eigenvalue weighted by Crippen LogP contribution is 2.41. The lowest BCUT2D eigenvalue weighted by Gasteiger charge is -2.08. The van der Waals surface area contributed by atoms with E-state index < -0.39 is 0 Å². The normalized spacial score (nSPS) is 15.1. The molecule has 0 unspecified atom stereocenters. The minimum absolute atomic E-state index is 0.832. The van der Waals surface area contributed by atoms with Gasteiger partial charge in [0.1, 0.15) is 0 Å². The molecule has 0 spiro atoms. The lowest BCUT2D eigenvalue weighted by atomic mass is 10.2. The van der Waals surface area contributed by atoms with Crippen molar-refractivity contribution < 1.29 is 0 Å². The SMILES string of the molecule is CCc1cc(C2CC2)n(Cc2ccccc2)c1. The van der Waals surface area contributed by atoms with Crippen LogP contribution in [0.25, 0.3) is 0 Å². The van der Waals surface area contributed by atoms with Crippen molar-refractivity contribution in [3.63, 3.8) is 0 Å². The van der Waals surface area contributed by atoms with Crippen LogP contribution in [0.1, 0.15) is 42.5 Å². The highest BCUT2D eigenvalue weighted by molar-refractivity contribution is 5.27. The van der Waals surface area contributed by atoms with E-state index in [0.29, 0.717) is 0 Å². The zero-order valence-electron chi connectivity index (χ0n) is 10.4. The summed E-state index contributed by atoms with van der Waals surface area (Å²) in [5.74, 6) is 0.832. The van der Waals surface area contributed by atoms with Crippen LogP contribution in [-0.2, 0) is 13.0 Å². The maximum Gasteiger partial charge on any atom is 0.0473 e. The van der Waals surface area contributed by atoms with Gasteiger partial charge in [-0.3, -0.25) is 0 Å². The molecule has 0 amide bonds. The second-order valence-electron chi connectivity index (χ2n) is 5.01. The van der Waals surface area contributed by atoms with Gasteiger partial charge in [-0.2, -0.15) is 0 Å². The predicted molar refractivity (Wildman–Crippen MR) is 71.3 cm³/mol. The van der Waals surface area contributed by atoms with Gasteiger partial charge in [0.25, 0.3) is 0 Å². The van der Waals surface area contributed by atoms with Gasteiger partial charge in [-0.1, -0.05) is 37.3 Å². The van der Waals surface area contributed by atoms with Crippen molar-refractivity contribution in [1.29, 1.82) is 0 Å². The van der Waals surface area contributed by atoms with Crippen molar-refractivity contribution in [2.24, 2.45) is 0 Å². The van der Waals surface area contributed by atoms with Crippen LogP contribution in [0.15, 0.2) is 42.6 Å². The molecule has 1 aliphatic carbocycles. The Kier molecular flexibility index (Phi) is 2.76. The summed E-state index contributed by atoms with van der Waals surface area (Å²) in [4.78, 5) is 0. The second-order valence-corrected chi connectivity index (χ2v) is 5.01. The van der Waals surface area contributed by atoms with Crippen LogP contribution in [-0.4, -0.2) is 4.57 Å². The van der Waals surface area contributed by atoms with E-state index in [0.717, 1.165) is 18.9 Å². The first kappa shape index (κ1) is 10.6. The summed E-state index contributed by atoms with van der Waals surface area (Å²) in [7, 11) is 0. The van der Waals surface area contributed by atoms with E-state index in [2.05, 4.69) is 54.1 Å². The summed E-state index contributed by atoms with van der Waals surface area (Å²) in [6, 6.07) is 13.1. The van der Waals surface area contributed by atoms with Crippen molar-refractivity contribution in [3.05, 3.63) is 59.4 Å². The molecule has 0 N–H and O–H groups in total. The van der Waals surface area contributed by atoms with Gasteiger partial charge < -0.3 is 4.57 Å². The van der Waals surface area contributed by atoms with E-state index in [1.165, 1.54) is 24.0 Å². The van der Waals surface area contributed by atoms with Crippen molar-refractivity contribution in [3.8, 4) is 0 Å². The Labute approximate surface area is 103 Å². The van der Waals surface area contributed by atoms with E-state index in [4.69, 9.17) is 0 Å². The van der Waals surface area contributed by atoms with Gasteiger partial charge in [0, 0.05) is 18.4 Å². The molecule has 1 heterocycles. The summed E-state index contributed by atoms with van der Waals surface area (Å²) in [5, 5.41) is 0. The molecule has 17 heavy (non-hydrogen) atoms. The van der Waals surface area contributed by atoms with Gasteiger partial charge in [-0.05, 0) is 42.4 Å². The number of hydrogen-bond acceptors (Lipinski definition) is 0. The third-order valence-corrected chi connectivity index (χ3v) is 3.59. The lowest BCUT2D eigenvalue weighted by Crippen LogP contribution is -2.01. The Morgan fingerprint density at radius 3 is 2.53 bits per heavy atom. The molecule has 3 rings (SSSR count). The molecule has 0 atom stereocenters. The van der Waals surface area contributed by atoms with Crippen molar-refractivity contribution >= 4 is 0 Å². The molecule has 1 aliphatic rings. The van der Waals surface area contributed by atoms with Crippen molar-refractivity contribution in [2.45, 2.75) is 38.6 Å². The molecule has 0 aliphatic heterocycles. The second kappa shape index (κ2) is 4.40. The summed E-state index contributed by atoms with van der Waals surface area (Å²) >= 11 is 0. The summed E-state index contributed by atoms with van der Waals surface area (Å²) < 4.78 is 2.45. The van der Waals surface area contributed by atoms with Crippen LogP contribution in [0.5, 0.6) is 0 Å². The van der Waals surface area contributed by atoms with Gasteiger partial charge in [0.05, 0.1) is 0 Å². The molecule has 0 saturated heterocycles. The van der Waals surface area contributed by atoms with Gasteiger partial charge in [0.15, 0.2) is 0 Å². The summed E-state index contributed by atoms with van der Waals surface area (Å²) in [5.41, 5.74) is 4.42. The van der Waals surface area contributed by atoms with E-state index in [-0.39, 0.29) is 0 Å². The third-order valence-electron chi connectivity index (χ3n) is 3.59. The Morgan fingerprint density at radius 1 is 1.12 bits per heavy atom. The van der Waals surface area contributed by atoms with Gasteiger partial charge >= 0.3 is 0 Å². The van der Waals surface area contributed by atoms with E-state index in [1.807, 2.05) is 0 Å². The largest absolute Gasteiger partial charge is 0.347 e. The molecule has 0 bridgehead atoms. The molecular formula is C16H19N. The zero-order valence-corrected chi connectivity index (χ0v) is 10.4. The first-order chi connectivity index (χ1) is 8.36. The highest BCUT2D eigenvalue weighted by Gasteiger charge is 2.26. The first-order valence-corrected chi connectivity index (χ1v) is 6.59. The smallest absolute Gasteiger partial charge is 0.0473 e. The van der Waals surface area contributed by atoms with Gasteiger partial charge in [0.2, 0.25) is 0 Å². The fourth-order valence-corrected chi connectivity index (χ4v) is 2.43. The van der Waals surface area contributed by atoms with Crippen molar-refractivity contribution in [2.75, 3.05) is 0 Å². The molecule has 1 heteroatoms. The van der Waals surface area contributed by atoms with Crippen LogP contribution in [0.4, 0.5) is 0 Å². The fourth-order valence-electron chi connectivity index (χ4n) is 2.43. The summed E-state index contributed by atoms with van der Waals surface area (Å²) in [6.07, 6.45) is 6.23. The van der Waals surface area contributed by atoms with Crippen LogP contribution in [0.2, 0.25) is 0 Å². The maximum absolute atomic E-state index is 2.45. The lowest BCUT2D eigenvalue weighted by molar-refractivity contribution is 0.745. The zero-order chi connectivity index (χ0) is 11.7. The van der Waals surface area contributed by atoms with E-state index in [9.17, 15) is 0 Å². The molecule has 88 valence electrons.